The Morgan fingerprint density at radius 3 is 3.00 bits per heavy atom. The van der Waals surface area contributed by atoms with Crippen molar-refractivity contribution in [3.8, 4) is 0 Å². The summed E-state index contributed by atoms with van der Waals surface area (Å²) < 4.78 is 0. The molecule has 0 bridgehead atoms. The summed E-state index contributed by atoms with van der Waals surface area (Å²) >= 11 is 6.38. The largest absolute Gasteiger partial charge is 0.362 e. The van der Waals surface area contributed by atoms with E-state index in [4.69, 9.17) is 12.2 Å². The van der Waals surface area contributed by atoms with Crippen LogP contribution >= 0.6 is 23.6 Å². The summed E-state index contributed by atoms with van der Waals surface area (Å²) in [7, 11) is 0. The summed E-state index contributed by atoms with van der Waals surface area (Å²) in [6.07, 6.45) is 2.16. The topological polar surface area (TPSA) is 41.1 Å². The highest BCUT2D eigenvalue weighted by atomic mass is 32.1. The molecule has 0 radical (unpaired) electrons. The second-order valence-electron chi connectivity index (χ2n) is 3.04. The van der Waals surface area contributed by atoms with Crippen LogP contribution in [0.1, 0.15) is 29.4 Å². The van der Waals surface area contributed by atoms with Gasteiger partial charge in [0.1, 0.15) is 0 Å². The Labute approximate surface area is 98.9 Å². The van der Waals surface area contributed by atoms with Crippen LogP contribution in [0.3, 0.4) is 0 Å². The molecule has 0 fully saturated rings. The molecule has 15 heavy (non-hydrogen) atoms. The molecule has 0 saturated heterocycles. The van der Waals surface area contributed by atoms with E-state index in [0.717, 1.165) is 19.4 Å². The minimum atomic E-state index is -0.140. The molecule has 0 aliphatic heterocycles. The zero-order chi connectivity index (χ0) is 11.1. The van der Waals surface area contributed by atoms with E-state index >= 15 is 0 Å². The molecule has 1 rings (SSSR count). The van der Waals surface area contributed by atoms with Gasteiger partial charge in [-0.2, -0.15) is 0 Å². The number of carbonyl (C=O) groups is 1. The smallest absolute Gasteiger partial charge is 0.267 e. The Balaban J connectivity index is 2.29. The lowest BCUT2D eigenvalue weighted by Gasteiger charge is -2.07. The van der Waals surface area contributed by atoms with E-state index in [1.54, 1.807) is 6.07 Å². The number of rotatable bonds is 4. The fourth-order valence-electron chi connectivity index (χ4n) is 0.995. The van der Waals surface area contributed by atoms with Crippen LogP contribution in [-0.4, -0.2) is 17.6 Å². The molecule has 1 aromatic rings. The van der Waals surface area contributed by atoms with E-state index < -0.39 is 0 Å². The summed E-state index contributed by atoms with van der Waals surface area (Å²) in [4.78, 5) is 12.2. The molecule has 1 aromatic heterocycles. The third-order valence-electron chi connectivity index (χ3n) is 1.79. The van der Waals surface area contributed by atoms with Crippen LogP contribution in [0.5, 0.6) is 0 Å². The maximum absolute atomic E-state index is 11.5. The van der Waals surface area contributed by atoms with Crippen LogP contribution in [0.2, 0.25) is 0 Å². The van der Waals surface area contributed by atoms with Gasteiger partial charge in [0.25, 0.3) is 5.91 Å². The maximum Gasteiger partial charge on any atom is 0.267 e. The van der Waals surface area contributed by atoms with Crippen molar-refractivity contribution in [1.29, 1.82) is 0 Å². The third-order valence-corrected chi connectivity index (χ3v) is 2.90. The molecule has 1 amide bonds. The monoisotopic (exact) mass is 242 g/mol. The van der Waals surface area contributed by atoms with Gasteiger partial charge < -0.3 is 5.32 Å². The number of carbonyl (C=O) groups excluding carboxylic acids is 1. The van der Waals surface area contributed by atoms with E-state index in [-0.39, 0.29) is 5.91 Å². The molecule has 82 valence electrons. The summed E-state index contributed by atoms with van der Waals surface area (Å²) in [5, 5.41) is 7.88. The lowest BCUT2D eigenvalue weighted by molar-refractivity contribution is 0.0980. The van der Waals surface area contributed by atoms with Gasteiger partial charge in [-0.15, -0.1) is 11.3 Å². The molecule has 5 heteroatoms. The van der Waals surface area contributed by atoms with Gasteiger partial charge in [0.2, 0.25) is 0 Å². The number of hydrogen-bond acceptors (Lipinski definition) is 3. The number of thiocarbonyl (C=S) groups is 1. The zero-order valence-electron chi connectivity index (χ0n) is 8.58. The highest BCUT2D eigenvalue weighted by Crippen LogP contribution is 2.07. The minimum absolute atomic E-state index is 0.140. The van der Waals surface area contributed by atoms with Gasteiger partial charge in [0, 0.05) is 6.54 Å². The van der Waals surface area contributed by atoms with Crippen LogP contribution < -0.4 is 10.6 Å². The quantitative estimate of drug-likeness (QED) is 0.628. The molecule has 2 N–H and O–H groups in total. The molecule has 0 aromatic carbocycles. The lowest BCUT2D eigenvalue weighted by atomic mass is 10.3. The molecule has 3 nitrogen and oxygen atoms in total. The molecule has 0 unspecified atom stereocenters. The molecular weight excluding hydrogens is 228 g/mol. The van der Waals surface area contributed by atoms with Gasteiger partial charge in [-0.25, -0.2) is 0 Å². The van der Waals surface area contributed by atoms with Gasteiger partial charge in [0.05, 0.1) is 4.88 Å². The molecule has 0 saturated carbocycles. The summed E-state index contributed by atoms with van der Waals surface area (Å²) in [5.74, 6) is -0.140. The summed E-state index contributed by atoms with van der Waals surface area (Å²) in [5.41, 5.74) is 0. The Morgan fingerprint density at radius 2 is 2.40 bits per heavy atom. The predicted molar refractivity (Wildman–Crippen MR) is 67.3 cm³/mol. The van der Waals surface area contributed by atoms with Crippen LogP contribution in [0.15, 0.2) is 17.5 Å². The molecule has 0 atom stereocenters. The summed E-state index contributed by atoms with van der Waals surface area (Å²) in [6.45, 7) is 2.91. The summed E-state index contributed by atoms with van der Waals surface area (Å²) in [6, 6.07) is 3.61. The van der Waals surface area contributed by atoms with Crippen molar-refractivity contribution < 1.29 is 4.79 Å². The number of unbranched alkanes of at least 4 members (excludes halogenated alkanes) is 1. The van der Waals surface area contributed by atoms with Gasteiger partial charge in [-0.1, -0.05) is 19.4 Å². The van der Waals surface area contributed by atoms with Gasteiger partial charge >= 0.3 is 0 Å². The van der Waals surface area contributed by atoms with Gasteiger partial charge in [-0.05, 0) is 30.1 Å². The molecule has 0 spiro atoms. The van der Waals surface area contributed by atoms with E-state index in [2.05, 4.69) is 17.6 Å². The third kappa shape index (κ3) is 4.40. The van der Waals surface area contributed by atoms with Crippen LogP contribution in [-0.2, 0) is 0 Å². The van der Waals surface area contributed by atoms with E-state index in [1.807, 2.05) is 11.4 Å². The molecule has 0 aliphatic carbocycles. The number of thiophene rings is 1. The average molecular weight is 242 g/mol. The van der Waals surface area contributed by atoms with Crippen molar-refractivity contribution in [3.63, 3.8) is 0 Å². The van der Waals surface area contributed by atoms with Gasteiger partial charge in [0.15, 0.2) is 5.11 Å². The Hall–Kier alpha value is -0.940. The van der Waals surface area contributed by atoms with E-state index in [0.29, 0.717) is 9.99 Å². The van der Waals surface area contributed by atoms with Crippen molar-refractivity contribution in [2.75, 3.05) is 6.54 Å². The standard InChI is InChI=1S/C10H14N2OS2/c1-2-3-6-11-10(14)12-9(13)8-5-4-7-15-8/h4-5,7H,2-3,6H2,1H3,(H2,11,12,13,14). The van der Waals surface area contributed by atoms with E-state index in [1.165, 1.54) is 11.3 Å². The number of hydrogen-bond donors (Lipinski definition) is 2. The van der Waals surface area contributed by atoms with E-state index in [9.17, 15) is 4.79 Å². The van der Waals surface area contributed by atoms with Crippen molar-refractivity contribution >= 4 is 34.6 Å². The number of amides is 1. The first kappa shape index (κ1) is 12.1. The first-order chi connectivity index (χ1) is 7.24. The Kier molecular flexibility index (Phi) is 5.28. The average Bonchev–Trinajstić information content (AvgIpc) is 2.70. The number of nitrogens with one attached hydrogen (secondary N) is 2. The highest BCUT2D eigenvalue weighted by Gasteiger charge is 2.07. The van der Waals surface area contributed by atoms with Crippen LogP contribution in [0.4, 0.5) is 0 Å². The van der Waals surface area contributed by atoms with Crippen LogP contribution in [0, 0.1) is 0 Å². The lowest BCUT2D eigenvalue weighted by Crippen LogP contribution is -2.39. The van der Waals surface area contributed by atoms with Crippen molar-refractivity contribution in [2.24, 2.45) is 0 Å². The zero-order valence-corrected chi connectivity index (χ0v) is 10.2. The first-order valence-corrected chi connectivity index (χ1v) is 6.15. The highest BCUT2D eigenvalue weighted by molar-refractivity contribution is 7.80. The molecular formula is C10H14N2OS2. The normalized spacial score (nSPS) is 9.67. The fraction of sp³-hybridized carbons (Fsp3) is 0.400. The first-order valence-electron chi connectivity index (χ1n) is 4.86. The van der Waals surface area contributed by atoms with Crippen molar-refractivity contribution in [1.82, 2.24) is 10.6 Å². The van der Waals surface area contributed by atoms with Gasteiger partial charge in [-0.3, -0.25) is 10.1 Å². The maximum atomic E-state index is 11.5. The molecule has 0 aliphatic rings. The van der Waals surface area contributed by atoms with Crippen molar-refractivity contribution in [2.45, 2.75) is 19.8 Å². The second-order valence-corrected chi connectivity index (χ2v) is 4.40. The predicted octanol–water partition coefficient (Wildman–Crippen LogP) is 2.15. The Morgan fingerprint density at radius 1 is 1.60 bits per heavy atom. The molecule has 1 heterocycles. The minimum Gasteiger partial charge on any atom is -0.362 e. The fourth-order valence-corrected chi connectivity index (χ4v) is 1.81. The Bertz CT molecular complexity index is 322. The van der Waals surface area contributed by atoms with Crippen molar-refractivity contribution in [3.05, 3.63) is 22.4 Å². The second kappa shape index (κ2) is 6.53. The SMILES string of the molecule is CCCCNC(=S)NC(=O)c1cccs1. The van der Waals surface area contributed by atoms with Crippen LogP contribution in [0.25, 0.3) is 0 Å².